The van der Waals surface area contributed by atoms with Gasteiger partial charge in [-0.25, -0.2) is 4.98 Å². The molecule has 102 valence electrons. The molecule has 1 aromatic rings. The first-order valence-electron chi connectivity index (χ1n) is 7.16. The summed E-state index contributed by atoms with van der Waals surface area (Å²) in [6.07, 6.45) is 7.99. The van der Waals surface area contributed by atoms with Crippen molar-refractivity contribution < 1.29 is 4.74 Å². The van der Waals surface area contributed by atoms with Crippen molar-refractivity contribution in [1.82, 2.24) is 14.9 Å². The second-order valence-corrected chi connectivity index (χ2v) is 5.07. The summed E-state index contributed by atoms with van der Waals surface area (Å²) in [6, 6.07) is 0.227. The Labute approximate surface area is 110 Å². The van der Waals surface area contributed by atoms with E-state index >= 15 is 0 Å². The summed E-state index contributed by atoms with van der Waals surface area (Å²) in [4.78, 5) is 4.53. The first kappa shape index (κ1) is 13.6. The van der Waals surface area contributed by atoms with Gasteiger partial charge in [-0.3, -0.25) is 0 Å². The Hall–Kier alpha value is -0.870. The molecule has 0 saturated carbocycles. The average Bonchev–Trinajstić information content (AvgIpc) is 2.99. The maximum atomic E-state index is 6.03. The fourth-order valence-corrected chi connectivity index (χ4v) is 2.63. The minimum atomic E-state index is 0.227. The Balaban J connectivity index is 2.14. The molecule has 0 bridgehead atoms. The molecule has 1 saturated heterocycles. The molecule has 1 fully saturated rings. The number of aromatic nitrogens is 2. The molecule has 1 aromatic heterocycles. The van der Waals surface area contributed by atoms with Gasteiger partial charge in [-0.1, -0.05) is 6.92 Å². The SMILES string of the molecule is CCCNC(c1nccn1CC)C1CCC(C)O1. The first-order valence-corrected chi connectivity index (χ1v) is 7.16. The third kappa shape index (κ3) is 2.93. The van der Waals surface area contributed by atoms with E-state index in [9.17, 15) is 0 Å². The van der Waals surface area contributed by atoms with Crippen molar-refractivity contribution in [1.29, 1.82) is 0 Å². The molecule has 0 aromatic carbocycles. The summed E-state index contributed by atoms with van der Waals surface area (Å²) in [5, 5.41) is 3.60. The van der Waals surface area contributed by atoms with Gasteiger partial charge in [-0.05, 0) is 39.7 Å². The van der Waals surface area contributed by atoms with Crippen LogP contribution in [0.25, 0.3) is 0 Å². The van der Waals surface area contributed by atoms with Crippen LogP contribution >= 0.6 is 0 Å². The minimum Gasteiger partial charge on any atom is -0.373 e. The molecular formula is C14H25N3O. The standard InChI is InChI=1S/C14H25N3O/c1-4-8-15-13(12-7-6-11(3)18-12)14-16-9-10-17(14)5-2/h9-13,15H,4-8H2,1-3H3. The van der Waals surface area contributed by atoms with Crippen molar-refractivity contribution in [3.05, 3.63) is 18.2 Å². The molecule has 2 rings (SSSR count). The predicted octanol–water partition coefficient (Wildman–Crippen LogP) is 2.51. The lowest BCUT2D eigenvalue weighted by atomic mass is 10.1. The van der Waals surface area contributed by atoms with Gasteiger partial charge in [-0.15, -0.1) is 0 Å². The van der Waals surface area contributed by atoms with Gasteiger partial charge in [0.1, 0.15) is 5.82 Å². The van der Waals surface area contributed by atoms with E-state index in [0.29, 0.717) is 6.10 Å². The zero-order valence-corrected chi connectivity index (χ0v) is 11.7. The van der Waals surface area contributed by atoms with Crippen LogP contribution in [0, 0.1) is 0 Å². The van der Waals surface area contributed by atoms with Gasteiger partial charge in [0.2, 0.25) is 0 Å². The van der Waals surface area contributed by atoms with Crippen molar-refractivity contribution in [2.75, 3.05) is 6.54 Å². The monoisotopic (exact) mass is 251 g/mol. The second kappa shape index (κ2) is 6.34. The second-order valence-electron chi connectivity index (χ2n) is 5.07. The number of hydrogen-bond acceptors (Lipinski definition) is 3. The number of imidazole rings is 1. The summed E-state index contributed by atoms with van der Waals surface area (Å²) in [5.41, 5.74) is 0. The van der Waals surface area contributed by atoms with Crippen LogP contribution in [0.4, 0.5) is 0 Å². The summed E-state index contributed by atoms with van der Waals surface area (Å²) < 4.78 is 8.24. The zero-order valence-electron chi connectivity index (χ0n) is 11.7. The zero-order chi connectivity index (χ0) is 13.0. The number of rotatable bonds is 6. The minimum absolute atomic E-state index is 0.227. The molecule has 1 aliphatic rings. The highest BCUT2D eigenvalue weighted by Crippen LogP contribution is 2.29. The number of hydrogen-bond donors (Lipinski definition) is 1. The lowest BCUT2D eigenvalue weighted by Gasteiger charge is -2.25. The fourth-order valence-electron chi connectivity index (χ4n) is 2.63. The highest BCUT2D eigenvalue weighted by molar-refractivity contribution is 5.03. The Morgan fingerprint density at radius 2 is 2.33 bits per heavy atom. The Morgan fingerprint density at radius 3 is 2.94 bits per heavy atom. The molecule has 1 N–H and O–H groups in total. The van der Waals surface area contributed by atoms with Crippen LogP contribution in [0.15, 0.2) is 12.4 Å². The van der Waals surface area contributed by atoms with E-state index < -0.39 is 0 Å². The smallest absolute Gasteiger partial charge is 0.128 e. The van der Waals surface area contributed by atoms with Gasteiger partial charge < -0.3 is 14.6 Å². The molecule has 4 nitrogen and oxygen atoms in total. The molecule has 0 amide bonds. The summed E-state index contributed by atoms with van der Waals surface area (Å²) >= 11 is 0. The topological polar surface area (TPSA) is 39.1 Å². The van der Waals surface area contributed by atoms with Gasteiger partial charge in [-0.2, -0.15) is 0 Å². The summed E-state index contributed by atoms with van der Waals surface area (Å²) in [5.74, 6) is 1.12. The van der Waals surface area contributed by atoms with Crippen molar-refractivity contribution in [3.63, 3.8) is 0 Å². The Morgan fingerprint density at radius 1 is 1.50 bits per heavy atom. The van der Waals surface area contributed by atoms with E-state index in [0.717, 1.165) is 38.2 Å². The molecule has 3 atom stereocenters. The fraction of sp³-hybridized carbons (Fsp3) is 0.786. The van der Waals surface area contributed by atoms with Gasteiger partial charge in [0, 0.05) is 18.9 Å². The molecule has 18 heavy (non-hydrogen) atoms. The van der Waals surface area contributed by atoms with Crippen molar-refractivity contribution in [3.8, 4) is 0 Å². The van der Waals surface area contributed by atoms with E-state index in [1.165, 1.54) is 0 Å². The van der Waals surface area contributed by atoms with Crippen LogP contribution < -0.4 is 5.32 Å². The molecule has 0 radical (unpaired) electrons. The van der Waals surface area contributed by atoms with E-state index in [2.05, 4.69) is 35.6 Å². The molecule has 0 spiro atoms. The summed E-state index contributed by atoms with van der Waals surface area (Å²) in [6.45, 7) is 8.47. The van der Waals surface area contributed by atoms with Gasteiger partial charge >= 0.3 is 0 Å². The maximum Gasteiger partial charge on any atom is 0.128 e. The van der Waals surface area contributed by atoms with Crippen LogP contribution in [0.2, 0.25) is 0 Å². The van der Waals surface area contributed by atoms with Crippen molar-refractivity contribution in [2.24, 2.45) is 0 Å². The lowest BCUT2D eigenvalue weighted by molar-refractivity contribution is 0.0289. The van der Waals surface area contributed by atoms with E-state index in [1.54, 1.807) is 0 Å². The third-order valence-electron chi connectivity index (χ3n) is 3.62. The Kier molecular flexibility index (Phi) is 4.78. The highest BCUT2D eigenvalue weighted by atomic mass is 16.5. The van der Waals surface area contributed by atoms with E-state index in [4.69, 9.17) is 4.74 Å². The van der Waals surface area contributed by atoms with Crippen molar-refractivity contribution in [2.45, 2.75) is 64.8 Å². The molecule has 0 aliphatic carbocycles. The third-order valence-corrected chi connectivity index (χ3v) is 3.62. The van der Waals surface area contributed by atoms with Crippen molar-refractivity contribution >= 4 is 0 Å². The van der Waals surface area contributed by atoms with E-state index in [1.807, 2.05) is 12.4 Å². The number of nitrogens with zero attached hydrogens (tertiary/aromatic N) is 2. The number of ether oxygens (including phenoxy) is 1. The molecule has 3 unspecified atom stereocenters. The van der Waals surface area contributed by atoms with Crippen LogP contribution in [-0.2, 0) is 11.3 Å². The van der Waals surface area contributed by atoms with Crippen LogP contribution in [0.3, 0.4) is 0 Å². The maximum absolute atomic E-state index is 6.03. The lowest BCUT2D eigenvalue weighted by Crippen LogP contribution is -2.34. The normalized spacial score (nSPS) is 25.5. The predicted molar refractivity (Wildman–Crippen MR) is 72.5 cm³/mol. The van der Waals surface area contributed by atoms with Crippen LogP contribution in [-0.4, -0.2) is 28.3 Å². The molecule has 1 aliphatic heterocycles. The summed E-state index contributed by atoms with van der Waals surface area (Å²) in [7, 11) is 0. The number of nitrogens with one attached hydrogen (secondary N) is 1. The van der Waals surface area contributed by atoms with Crippen LogP contribution in [0.5, 0.6) is 0 Å². The largest absolute Gasteiger partial charge is 0.373 e. The van der Waals surface area contributed by atoms with E-state index in [-0.39, 0.29) is 12.1 Å². The van der Waals surface area contributed by atoms with Gasteiger partial charge in [0.15, 0.2) is 0 Å². The average molecular weight is 251 g/mol. The van der Waals surface area contributed by atoms with Gasteiger partial charge in [0.25, 0.3) is 0 Å². The quantitative estimate of drug-likeness (QED) is 0.844. The van der Waals surface area contributed by atoms with Gasteiger partial charge in [0.05, 0.1) is 18.2 Å². The molecule has 4 heteroatoms. The number of aryl methyl sites for hydroxylation is 1. The van der Waals surface area contributed by atoms with Crippen LogP contribution in [0.1, 0.15) is 51.9 Å². The molecule has 2 heterocycles. The Bertz CT molecular complexity index is 364. The molecular weight excluding hydrogens is 226 g/mol. The first-order chi connectivity index (χ1) is 8.76. The highest BCUT2D eigenvalue weighted by Gasteiger charge is 2.32.